The van der Waals surface area contributed by atoms with Gasteiger partial charge < -0.3 is 29.2 Å². The third-order valence-electron chi connectivity index (χ3n) is 7.38. The number of fused-ring (bicyclic) bond motifs is 1. The Morgan fingerprint density at radius 2 is 1.82 bits per heavy atom. The molecule has 1 aromatic heterocycles. The number of hydrogen-bond donors (Lipinski definition) is 3. The highest BCUT2D eigenvalue weighted by atomic mass is 35.5. The first kappa shape index (κ1) is 31.6. The summed E-state index contributed by atoms with van der Waals surface area (Å²) in [4.78, 5) is 15.7. The van der Waals surface area contributed by atoms with Gasteiger partial charge in [-0.1, -0.05) is 35.9 Å². The van der Waals surface area contributed by atoms with Crippen LogP contribution in [0.1, 0.15) is 34.7 Å². The van der Waals surface area contributed by atoms with Gasteiger partial charge in [-0.2, -0.15) is 5.26 Å². The van der Waals surface area contributed by atoms with Crippen molar-refractivity contribution in [3.05, 3.63) is 99.8 Å². The molecule has 0 saturated carbocycles. The summed E-state index contributed by atoms with van der Waals surface area (Å²) < 4.78 is 23.7. The predicted octanol–water partition coefficient (Wildman–Crippen LogP) is 5.43. The zero-order valence-corrected chi connectivity index (χ0v) is 25.5. The summed E-state index contributed by atoms with van der Waals surface area (Å²) in [6.45, 7) is 4.82. The van der Waals surface area contributed by atoms with Crippen molar-refractivity contribution in [1.29, 1.82) is 5.26 Å². The number of aliphatic hydroxyl groups excluding tert-OH is 1. The molecule has 0 amide bonds. The number of nitrogens with one attached hydrogen (secondary N) is 1. The van der Waals surface area contributed by atoms with Crippen LogP contribution < -0.4 is 24.3 Å². The normalized spacial score (nSPS) is 13.4. The molecule has 232 valence electrons. The molecule has 1 aliphatic rings. The number of aliphatic carboxylic acids is 1. The van der Waals surface area contributed by atoms with Gasteiger partial charge in [-0.15, -0.1) is 0 Å². The lowest BCUT2D eigenvalue weighted by Crippen LogP contribution is -2.44. The lowest BCUT2D eigenvalue weighted by Gasteiger charge is -2.20. The summed E-state index contributed by atoms with van der Waals surface area (Å²) in [5.74, 6) is 1.01. The molecule has 3 N–H and O–H groups in total. The van der Waals surface area contributed by atoms with Gasteiger partial charge in [0.1, 0.15) is 50.0 Å². The van der Waals surface area contributed by atoms with E-state index in [9.17, 15) is 20.3 Å². The summed E-state index contributed by atoms with van der Waals surface area (Å²) in [5, 5.41) is 31.8. The van der Waals surface area contributed by atoms with Crippen molar-refractivity contribution in [3.8, 4) is 40.2 Å². The smallest absolute Gasteiger partial charge is 0.323 e. The molecule has 0 saturated heterocycles. The standard InChI is InChI=1S/C34H32ClN3O7/c1-20-25(4-3-5-27(20)24-6-7-29-32(12-24)43-9-8-42-29)19-45-31-13-30(44-18-23-10-22(14-36)15-37-16-23)26(11-28(31)35)17-38-33(21(2)39)34(40)41/h3-7,10-13,15-16,21,33,38-39H,8-9,17-19H2,1-2H3,(H,40,41)/t21-,33+/m0/s1. The molecule has 3 aromatic carbocycles. The third-order valence-corrected chi connectivity index (χ3v) is 7.67. The molecule has 2 atom stereocenters. The number of pyridine rings is 1. The Labute approximate surface area is 265 Å². The van der Waals surface area contributed by atoms with Crippen LogP contribution in [-0.2, 0) is 24.6 Å². The number of nitriles is 1. The van der Waals surface area contributed by atoms with Gasteiger partial charge >= 0.3 is 5.97 Å². The molecule has 5 rings (SSSR count). The average molecular weight is 630 g/mol. The summed E-state index contributed by atoms with van der Waals surface area (Å²) >= 11 is 6.65. The highest BCUT2D eigenvalue weighted by molar-refractivity contribution is 6.32. The van der Waals surface area contributed by atoms with E-state index < -0.39 is 18.1 Å². The van der Waals surface area contributed by atoms with E-state index in [-0.39, 0.29) is 19.8 Å². The maximum Gasteiger partial charge on any atom is 0.323 e. The first-order valence-electron chi connectivity index (χ1n) is 14.3. The molecule has 10 nitrogen and oxygen atoms in total. The molecule has 11 heteroatoms. The van der Waals surface area contributed by atoms with Crippen molar-refractivity contribution < 1.29 is 34.0 Å². The molecule has 0 unspecified atom stereocenters. The molecular weight excluding hydrogens is 598 g/mol. The van der Waals surface area contributed by atoms with E-state index >= 15 is 0 Å². The molecule has 2 heterocycles. The van der Waals surface area contributed by atoms with Crippen molar-refractivity contribution >= 4 is 17.6 Å². The number of halogens is 1. The summed E-state index contributed by atoms with van der Waals surface area (Å²) in [5.41, 5.74) is 5.63. The number of carboxylic acids is 1. The van der Waals surface area contributed by atoms with Crippen molar-refractivity contribution in [2.24, 2.45) is 0 Å². The van der Waals surface area contributed by atoms with Gasteiger partial charge in [-0.25, -0.2) is 0 Å². The van der Waals surface area contributed by atoms with Crippen molar-refractivity contribution in [3.63, 3.8) is 0 Å². The number of carboxylic acid groups (broad SMARTS) is 1. The van der Waals surface area contributed by atoms with Crippen LogP contribution in [0.15, 0.2) is 67.0 Å². The van der Waals surface area contributed by atoms with E-state index in [1.807, 2.05) is 43.3 Å². The Balaban J connectivity index is 1.38. The van der Waals surface area contributed by atoms with Crippen LogP contribution in [0.4, 0.5) is 0 Å². The van der Waals surface area contributed by atoms with E-state index in [0.29, 0.717) is 52.2 Å². The van der Waals surface area contributed by atoms with Crippen LogP contribution in [0.2, 0.25) is 5.02 Å². The second kappa shape index (κ2) is 14.3. The molecule has 0 spiro atoms. The van der Waals surface area contributed by atoms with Gasteiger partial charge in [0.25, 0.3) is 0 Å². The number of hydrogen-bond acceptors (Lipinski definition) is 9. The van der Waals surface area contributed by atoms with Crippen molar-refractivity contribution in [2.45, 2.75) is 45.8 Å². The molecule has 4 aromatic rings. The summed E-state index contributed by atoms with van der Waals surface area (Å²) in [6.07, 6.45) is 1.92. The van der Waals surface area contributed by atoms with Crippen LogP contribution in [-0.4, -0.2) is 46.5 Å². The zero-order valence-electron chi connectivity index (χ0n) is 24.7. The van der Waals surface area contributed by atoms with Gasteiger partial charge in [0.15, 0.2) is 11.5 Å². The number of aliphatic hydroxyl groups is 1. The highest BCUT2D eigenvalue weighted by Crippen LogP contribution is 2.37. The molecule has 1 aliphatic heterocycles. The van der Waals surface area contributed by atoms with Gasteiger partial charge in [-0.3, -0.25) is 15.1 Å². The summed E-state index contributed by atoms with van der Waals surface area (Å²) in [6, 6.07) is 17.7. The molecular formula is C34H32ClN3O7. The van der Waals surface area contributed by atoms with Gasteiger partial charge in [0, 0.05) is 36.1 Å². The molecule has 0 radical (unpaired) electrons. The first-order chi connectivity index (χ1) is 21.7. The number of nitrogens with zero attached hydrogens (tertiary/aromatic N) is 2. The quantitative estimate of drug-likeness (QED) is 0.185. The maximum absolute atomic E-state index is 11.6. The maximum atomic E-state index is 11.6. The lowest BCUT2D eigenvalue weighted by molar-refractivity contribution is -0.142. The van der Waals surface area contributed by atoms with E-state index in [1.54, 1.807) is 24.4 Å². The Bertz CT molecular complexity index is 1740. The average Bonchev–Trinajstić information content (AvgIpc) is 3.04. The second-order valence-electron chi connectivity index (χ2n) is 10.5. The number of rotatable bonds is 12. The van der Waals surface area contributed by atoms with Gasteiger partial charge in [0.2, 0.25) is 0 Å². The Kier molecular flexibility index (Phi) is 10.0. The van der Waals surface area contributed by atoms with Crippen LogP contribution in [0.25, 0.3) is 11.1 Å². The minimum absolute atomic E-state index is 0.0460. The van der Waals surface area contributed by atoms with E-state index in [0.717, 1.165) is 28.0 Å². The molecule has 0 aliphatic carbocycles. The summed E-state index contributed by atoms with van der Waals surface area (Å²) in [7, 11) is 0. The van der Waals surface area contributed by atoms with E-state index in [1.165, 1.54) is 13.1 Å². The van der Waals surface area contributed by atoms with Crippen molar-refractivity contribution in [1.82, 2.24) is 10.3 Å². The molecule has 0 bridgehead atoms. The Hall–Kier alpha value is -4.82. The fourth-order valence-corrected chi connectivity index (χ4v) is 5.19. The fourth-order valence-electron chi connectivity index (χ4n) is 4.95. The Morgan fingerprint density at radius 1 is 1.04 bits per heavy atom. The lowest BCUT2D eigenvalue weighted by atomic mass is 9.96. The largest absolute Gasteiger partial charge is 0.488 e. The Morgan fingerprint density at radius 3 is 2.58 bits per heavy atom. The zero-order chi connectivity index (χ0) is 31.9. The molecule has 45 heavy (non-hydrogen) atoms. The monoisotopic (exact) mass is 629 g/mol. The number of aromatic nitrogens is 1. The number of ether oxygens (including phenoxy) is 4. The van der Waals surface area contributed by atoms with Crippen LogP contribution in [0.3, 0.4) is 0 Å². The van der Waals surface area contributed by atoms with Gasteiger partial charge in [-0.05, 0) is 60.4 Å². The van der Waals surface area contributed by atoms with Gasteiger partial charge in [0.05, 0.1) is 16.7 Å². The fraction of sp³-hybridized carbons (Fsp3) is 0.265. The van der Waals surface area contributed by atoms with E-state index in [4.69, 9.17) is 30.5 Å². The third kappa shape index (κ3) is 7.64. The second-order valence-corrected chi connectivity index (χ2v) is 11.0. The first-order valence-corrected chi connectivity index (χ1v) is 14.7. The SMILES string of the molecule is Cc1c(COc2cc(OCc3cncc(C#N)c3)c(CN[C@@H](C(=O)O)[C@H](C)O)cc2Cl)cccc1-c1ccc2c(c1)OCCO2. The van der Waals surface area contributed by atoms with Crippen molar-refractivity contribution in [2.75, 3.05) is 13.2 Å². The minimum atomic E-state index is -1.20. The van der Waals surface area contributed by atoms with E-state index in [2.05, 4.69) is 16.4 Å². The van der Waals surface area contributed by atoms with Crippen LogP contribution in [0, 0.1) is 18.3 Å². The topological polar surface area (TPSA) is 143 Å². The predicted molar refractivity (Wildman–Crippen MR) is 167 cm³/mol. The number of benzene rings is 3. The van der Waals surface area contributed by atoms with Crippen LogP contribution >= 0.6 is 11.6 Å². The minimum Gasteiger partial charge on any atom is -0.488 e. The van der Waals surface area contributed by atoms with Crippen LogP contribution in [0.5, 0.6) is 23.0 Å². The molecule has 0 fully saturated rings. The highest BCUT2D eigenvalue weighted by Gasteiger charge is 2.23. The number of carbonyl (C=O) groups is 1.